The molecule has 1 aliphatic carbocycles. The standard InChI is InChI=1S/C13H15FN4O2/c1-20-11-5-10-9(4-8(11)14)17-13(15)18(10)6-12(19)16-7-2-3-7/h4-5,7H,2-3,6H2,1H3,(H2,15,17)(H,16,19). The summed E-state index contributed by atoms with van der Waals surface area (Å²) < 4.78 is 20.1. The summed E-state index contributed by atoms with van der Waals surface area (Å²) in [7, 11) is 1.38. The monoisotopic (exact) mass is 278 g/mol. The zero-order valence-electron chi connectivity index (χ0n) is 11.0. The maximum absolute atomic E-state index is 13.6. The summed E-state index contributed by atoms with van der Waals surface area (Å²) in [6.07, 6.45) is 2.04. The van der Waals surface area contributed by atoms with Crippen molar-refractivity contribution in [3.05, 3.63) is 17.9 Å². The predicted octanol–water partition coefficient (Wildman–Crippen LogP) is 1.04. The maximum Gasteiger partial charge on any atom is 0.240 e. The summed E-state index contributed by atoms with van der Waals surface area (Å²) in [5.41, 5.74) is 6.78. The highest BCUT2D eigenvalue weighted by molar-refractivity contribution is 5.84. The molecule has 1 heterocycles. The van der Waals surface area contributed by atoms with Gasteiger partial charge in [0.2, 0.25) is 11.9 Å². The van der Waals surface area contributed by atoms with Crippen LogP contribution in [0.15, 0.2) is 12.1 Å². The van der Waals surface area contributed by atoms with Crippen molar-refractivity contribution in [2.24, 2.45) is 0 Å². The Kier molecular flexibility index (Phi) is 2.96. The minimum absolute atomic E-state index is 0.0631. The molecule has 0 spiro atoms. The van der Waals surface area contributed by atoms with E-state index in [0.717, 1.165) is 12.8 Å². The van der Waals surface area contributed by atoms with Crippen LogP contribution in [0.3, 0.4) is 0 Å². The third kappa shape index (κ3) is 2.26. The molecule has 0 radical (unpaired) electrons. The number of imidazole rings is 1. The number of halogens is 1. The Bertz CT molecular complexity index is 679. The van der Waals surface area contributed by atoms with Crippen LogP contribution < -0.4 is 15.8 Å². The van der Waals surface area contributed by atoms with Crippen molar-refractivity contribution in [3.8, 4) is 5.75 Å². The molecule has 1 fully saturated rings. The number of carbonyl (C=O) groups is 1. The van der Waals surface area contributed by atoms with Crippen molar-refractivity contribution in [1.82, 2.24) is 14.9 Å². The fourth-order valence-electron chi connectivity index (χ4n) is 2.11. The van der Waals surface area contributed by atoms with Crippen molar-refractivity contribution in [2.45, 2.75) is 25.4 Å². The molecule has 1 aromatic carbocycles. The predicted molar refractivity (Wildman–Crippen MR) is 71.8 cm³/mol. The number of aromatic nitrogens is 2. The van der Waals surface area contributed by atoms with Gasteiger partial charge in [-0.25, -0.2) is 9.37 Å². The number of fused-ring (bicyclic) bond motifs is 1. The second-order valence-electron chi connectivity index (χ2n) is 4.87. The molecule has 1 amide bonds. The SMILES string of the molecule is COc1cc2c(cc1F)nc(N)n2CC(=O)NC1CC1. The van der Waals surface area contributed by atoms with E-state index in [0.29, 0.717) is 11.0 Å². The van der Waals surface area contributed by atoms with Crippen LogP contribution in [0.5, 0.6) is 5.75 Å². The first kappa shape index (κ1) is 12.7. The van der Waals surface area contributed by atoms with Gasteiger partial charge in [0, 0.05) is 18.2 Å². The second kappa shape index (κ2) is 4.66. The van der Waals surface area contributed by atoms with Crippen molar-refractivity contribution in [3.63, 3.8) is 0 Å². The molecule has 106 valence electrons. The maximum atomic E-state index is 13.6. The lowest BCUT2D eigenvalue weighted by molar-refractivity contribution is -0.121. The Labute approximate surface area is 114 Å². The molecule has 6 nitrogen and oxygen atoms in total. The number of hydrogen-bond acceptors (Lipinski definition) is 4. The summed E-state index contributed by atoms with van der Waals surface area (Å²) in [4.78, 5) is 15.9. The number of anilines is 1. The molecule has 1 saturated carbocycles. The number of nitrogen functional groups attached to an aromatic ring is 1. The van der Waals surface area contributed by atoms with Crippen LogP contribution >= 0.6 is 0 Å². The zero-order chi connectivity index (χ0) is 14.3. The number of rotatable bonds is 4. The Morgan fingerprint density at radius 2 is 2.35 bits per heavy atom. The average molecular weight is 278 g/mol. The van der Waals surface area contributed by atoms with Crippen LogP contribution in [0.2, 0.25) is 0 Å². The van der Waals surface area contributed by atoms with E-state index >= 15 is 0 Å². The number of nitrogens with one attached hydrogen (secondary N) is 1. The molecular formula is C13H15FN4O2. The molecule has 20 heavy (non-hydrogen) atoms. The van der Waals surface area contributed by atoms with Crippen molar-refractivity contribution in [1.29, 1.82) is 0 Å². The number of nitrogens with two attached hydrogens (primary N) is 1. The average Bonchev–Trinajstić information content (AvgIpc) is 3.15. The number of carbonyl (C=O) groups excluding carboxylic acids is 1. The largest absolute Gasteiger partial charge is 0.494 e. The first-order valence-corrected chi connectivity index (χ1v) is 6.37. The molecule has 1 aromatic heterocycles. The van der Waals surface area contributed by atoms with E-state index in [1.54, 1.807) is 4.57 Å². The van der Waals surface area contributed by atoms with Gasteiger partial charge in [-0.05, 0) is 12.8 Å². The lowest BCUT2D eigenvalue weighted by Crippen LogP contribution is -2.29. The number of amides is 1. The van der Waals surface area contributed by atoms with E-state index in [9.17, 15) is 9.18 Å². The number of hydrogen-bond donors (Lipinski definition) is 2. The lowest BCUT2D eigenvalue weighted by Gasteiger charge is -2.08. The van der Waals surface area contributed by atoms with Crippen LogP contribution in [-0.2, 0) is 11.3 Å². The van der Waals surface area contributed by atoms with Crippen molar-refractivity contribution >= 4 is 22.9 Å². The van der Waals surface area contributed by atoms with Crippen LogP contribution in [0.1, 0.15) is 12.8 Å². The summed E-state index contributed by atoms with van der Waals surface area (Å²) in [6.45, 7) is 0.0631. The molecule has 0 saturated heterocycles. The van der Waals surface area contributed by atoms with Gasteiger partial charge in [-0.2, -0.15) is 0 Å². The zero-order valence-corrected chi connectivity index (χ0v) is 11.0. The normalized spacial score (nSPS) is 14.5. The van der Waals surface area contributed by atoms with Gasteiger partial charge in [-0.3, -0.25) is 4.79 Å². The fourth-order valence-corrected chi connectivity index (χ4v) is 2.11. The highest BCUT2D eigenvalue weighted by Crippen LogP contribution is 2.26. The Balaban J connectivity index is 1.95. The van der Waals surface area contributed by atoms with Gasteiger partial charge in [0.25, 0.3) is 0 Å². The van der Waals surface area contributed by atoms with E-state index in [4.69, 9.17) is 10.5 Å². The van der Waals surface area contributed by atoms with Gasteiger partial charge >= 0.3 is 0 Å². The Hall–Kier alpha value is -2.31. The van der Waals surface area contributed by atoms with Crippen LogP contribution in [0.25, 0.3) is 11.0 Å². The highest BCUT2D eigenvalue weighted by Gasteiger charge is 2.24. The Morgan fingerprint density at radius 1 is 1.60 bits per heavy atom. The third-order valence-corrected chi connectivity index (χ3v) is 3.30. The first-order valence-electron chi connectivity index (χ1n) is 6.37. The minimum atomic E-state index is -0.507. The fraction of sp³-hybridized carbons (Fsp3) is 0.385. The molecule has 0 unspecified atom stereocenters. The molecule has 0 bridgehead atoms. The van der Waals surface area contributed by atoms with Crippen molar-refractivity contribution < 1.29 is 13.9 Å². The van der Waals surface area contributed by atoms with Gasteiger partial charge in [0.1, 0.15) is 6.54 Å². The van der Waals surface area contributed by atoms with Gasteiger partial charge < -0.3 is 20.4 Å². The molecule has 3 rings (SSSR count). The molecule has 0 atom stereocenters. The third-order valence-electron chi connectivity index (χ3n) is 3.30. The molecule has 0 aliphatic heterocycles. The van der Waals surface area contributed by atoms with E-state index in [2.05, 4.69) is 10.3 Å². The molecular weight excluding hydrogens is 263 g/mol. The molecule has 2 aromatic rings. The van der Waals surface area contributed by atoms with Gasteiger partial charge in [0.05, 0.1) is 18.1 Å². The van der Waals surface area contributed by atoms with Crippen molar-refractivity contribution in [2.75, 3.05) is 12.8 Å². The molecule has 3 N–H and O–H groups in total. The van der Waals surface area contributed by atoms with Gasteiger partial charge in [0.15, 0.2) is 11.6 Å². The van der Waals surface area contributed by atoms with E-state index in [1.165, 1.54) is 19.2 Å². The number of nitrogens with zero attached hydrogens (tertiary/aromatic N) is 2. The molecule has 7 heteroatoms. The summed E-state index contributed by atoms with van der Waals surface area (Å²) >= 11 is 0. The number of benzene rings is 1. The number of ether oxygens (including phenoxy) is 1. The quantitative estimate of drug-likeness (QED) is 0.875. The van der Waals surface area contributed by atoms with E-state index in [-0.39, 0.29) is 30.2 Å². The smallest absolute Gasteiger partial charge is 0.240 e. The van der Waals surface area contributed by atoms with Crippen LogP contribution in [0.4, 0.5) is 10.3 Å². The van der Waals surface area contributed by atoms with E-state index in [1.807, 2.05) is 0 Å². The molecule has 1 aliphatic rings. The highest BCUT2D eigenvalue weighted by atomic mass is 19.1. The summed E-state index contributed by atoms with van der Waals surface area (Å²) in [5, 5.41) is 2.88. The van der Waals surface area contributed by atoms with Crippen LogP contribution in [-0.4, -0.2) is 28.6 Å². The summed E-state index contributed by atoms with van der Waals surface area (Å²) in [6, 6.07) is 3.03. The minimum Gasteiger partial charge on any atom is -0.494 e. The Morgan fingerprint density at radius 3 is 3.00 bits per heavy atom. The second-order valence-corrected chi connectivity index (χ2v) is 4.87. The first-order chi connectivity index (χ1) is 9.58. The van der Waals surface area contributed by atoms with Gasteiger partial charge in [-0.1, -0.05) is 0 Å². The number of methoxy groups -OCH3 is 1. The van der Waals surface area contributed by atoms with E-state index < -0.39 is 5.82 Å². The summed E-state index contributed by atoms with van der Waals surface area (Å²) in [5.74, 6) is -0.353. The topological polar surface area (TPSA) is 82.2 Å². The van der Waals surface area contributed by atoms with Crippen LogP contribution in [0, 0.1) is 5.82 Å². The lowest BCUT2D eigenvalue weighted by atomic mass is 10.3. The van der Waals surface area contributed by atoms with Gasteiger partial charge in [-0.15, -0.1) is 0 Å².